The molecule has 5 nitrogen and oxygen atoms in total. The summed E-state index contributed by atoms with van der Waals surface area (Å²) in [5, 5.41) is 9.18. The van der Waals surface area contributed by atoms with Gasteiger partial charge in [0.15, 0.2) is 17.5 Å². The minimum Gasteiger partial charge on any atom is -0.265 e. The summed E-state index contributed by atoms with van der Waals surface area (Å²) < 4.78 is 0. The van der Waals surface area contributed by atoms with Crippen LogP contribution >= 0.6 is 0 Å². The predicted octanol–water partition coefficient (Wildman–Crippen LogP) is 9.94. The lowest BCUT2D eigenvalue weighted by atomic mass is 9.96. The summed E-state index contributed by atoms with van der Waals surface area (Å²) in [6, 6.07) is 46.2. The van der Waals surface area contributed by atoms with E-state index in [0.29, 0.717) is 23.2 Å². The molecule has 0 saturated heterocycles. The van der Waals surface area contributed by atoms with Crippen molar-refractivity contribution in [2.24, 2.45) is 0 Å². The van der Waals surface area contributed by atoms with Crippen LogP contribution in [0.25, 0.3) is 88.5 Å². The van der Waals surface area contributed by atoms with Crippen LogP contribution < -0.4 is 0 Å². The van der Waals surface area contributed by atoms with Crippen molar-refractivity contribution < 1.29 is 0 Å². The zero-order valence-corrected chi connectivity index (χ0v) is 24.7. The topological polar surface area (TPSA) is 64.5 Å². The van der Waals surface area contributed by atoms with E-state index in [1.165, 1.54) is 10.8 Å². The van der Waals surface area contributed by atoms with Gasteiger partial charge in [-0.2, -0.15) is 0 Å². The van der Waals surface area contributed by atoms with Gasteiger partial charge in [-0.05, 0) is 79.0 Å². The van der Waals surface area contributed by atoms with E-state index in [0.717, 1.165) is 54.6 Å². The van der Waals surface area contributed by atoms with Gasteiger partial charge in [0.05, 0.1) is 0 Å². The molecule has 0 spiro atoms. The summed E-state index contributed by atoms with van der Waals surface area (Å²) in [5.74, 6) is 1.74. The molecule has 46 heavy (non-hydrogen) atoms. The number of hydrogen-bond acceptors (Lipinski definition) is 5. The molecular weight excluding hydrogens is 562 g/mol. The monoisotopic (exact) mass is 587 g/mol. The minimum atomic E-state index is 0.524. The van der Waals surface area contributed by atoms with Crippen molar-refractivity contribution in [1.29, 1.82) is 0 Å². The van der Waals surface area contributed by atoms with Crippen molar-refractivity contribution in [2.75, 3.05) is 0 Å². The SMILES string of the molecule is c1ccc2c(c1)cc(-c1nc(-c3ccc(-c4ccncc4)cn3)nc(-c3cc4ccccc4c4ccccc34)n1)c1ccccc12. The van der Waals surface area contributed by atoms with Crippen LogP contribution in [-0.4, -0.2) is 24.9 Å². The molecule has 6 aromatic carbocycles. The first-order valence-electron chi connectivity index (χ1n) is 15.2. The third-order valence-electron chi connectivity index (χ3n) is 8.66. The Morgan fingerprint density at radius 1 is 0.370 bits per heavy atom. The van der Waals surface area contributed by atoms with Crippen molar-refractivity contribution in [3.8, 4) is 45.4 Å². The van der Waals surface area contributed by atoms with E-state index in [9.17, 15) is 0 Å². The summed E-state index contributed by atoms with van der Waals surface area (Å²) in [6.07, 6.45) is 5.44. The lowest BCUT2D eigenvalue weighted by Crippen LogP contribution is -2.02. The van der Waals surface area contributed by atoms with Gasteiger partial charge in [0.1, 0.15) is 5.69 Å². The van der Waals surface area contributed by atoms with Gasteiger partial charge >= 0.3 is 0 Å². The minimum absolute atomic E-state index is 0.524. The fraction of sp³-hybridized carbons (Fsp3) is 0. The second kappa shape index (κ2) is 10.7. The average Bonchev–Trinajstić information content (AvgIpc) is 3.14. The molecular formula is C41H25N5. The van der Waals surface area contributed by atoms with Crippen molar-refractivity contribution in [3.05, 3.63) is 152 Å². The fourth-order valence-electron chi connectivity index (χ4n) is 6.45. The Morgan fingerprint density at radius 3 is 1.37 bits per heavy atom. The molecule has 0 aliphatic rings. The first-order chi connectivity index (χ1) is 22.8. The van der Waals surface area contributed by atoms with Crippen LogP contribution in [0.4, 0.5) is 0 Å². The Bertz CT molecular complexity index is 2440. The van der Waals surface area contributed by atoms with Crippen molar-refractivity contribution in [1.82, 2.24) is 24.9 Å². The van der Waals surface area contributed by atoms with Gasteiger partial charge in [0.2, 0.25) is 0 Å². The highest BCUT2D eigenvalue weighted by Gasteiger charge is 2.18. The summed E-state index contributed by atoms with van der Waals surface area (Å²) in [6.45, 7) is 0. The second-order valence-electron chi connectivity index (χ2n) is 11.4. The molecule has 0 saturated carbocycles. The molecule has 9 aromatic rings. The molecule has 0 unspecified atom stereocenters. The zero-order valence-electron chi connectivity index (χ0n) is 24.7. The van der Waals surface area contributed by atoms with Gasteiger partial charge < -0.3 is 0 Å². The first-order valence-corrected chi connectivity index (χ1v) is 15.2. The van der Waals surface area contributed by atoms with Crippen LogP contribution in [-0.2, 0) is 0 Å². The Hall–Kier alpha value is -6.33. The highest BCUT2D eigenvalue weighted by molar-refractivity contribution is 6.14. The number of hydrogen-bond donors (Lipinski definition) is 0. The van der Waals surface area contributed by atoms with E-state index in [4.69, 9.17) is 19.9 Å². The number of benzene rings is 6. The van der Waals surface area contributed by atoms with Crippen molar-refractivity contribution >= 4 is 43.1 Å². The number of nitrogens with zero attached hydrogens (tertiary/aromatic N) is 5. The largest absolute Gasteiger partial charge is 0.265 e. The molecule has 0 fully saturated rings. The second-order valence-corrected chi connectivity index (χ2v) is 11.4. The Morgan fingerprint density at radius 2 is 0.848 bits per heavy atom. The number of pyridine rings is 2. The highest BCUT2D eigenvalue weighted by atomic mass is 15.0. The lowest BCUT2D eigenvalue weighted by Gasteiger charge is -2.14. The maximum Gasteiger partial charge on any atom is 0.182 e. The predicted molar refractivity (Wildman–Crippen MR) is 187 cm³/mol. The normalized spacial score (nSPS) is 11.5. The molecule has 3 heterocycles. The van der Waals surface area contributed by atoms with Gasteiger partial charge in [0.25, 0.3) is 0 Å². The van der Waals surface area contributed by atoms with E-state index in [1.807, 2.05) is 24.4 Å². The van der Waals surface area contributed by atoms with Crippen LogP contribution in [0.15, 0.2) is 152 Å². The summed E-state index contributed by atoms with van der Waals surface area (Å²) >= 11 is 0. The fourth-order valence-corrected chi connectivity index (χ4v) is 6.45. The molecule has 3 aromatic heterocycles. The Balaban J connectivity index is 1.32. The summed E-state index contributed by atoms with van der Waals surface area (Å²) in [5.41, 5.74) is 4.64. The molecule has 5 heteroatoms. The number of fused-ring (bicyclic) bond motifs is 6. The van der Waals surface area contributed by atoms with Crippen molar-refractivity contribution in [3.63, 3.8) is 0 Å². The first kappa shape index (κ1) is 26.1. The molecule has 0 aliphatic carbocycles. The van der Waals surface area contributed by atoms with E-state index >= 15 is 0 Å². The Kier molecular flexibility index (Phi) is 6.06. The van der Waals surface area contributed by atoms with Crippen LogP contribution in [0.1, 0.15) is 0 Å². The molecule has 214 valence electrons. The van der Waals surface area contributed by atoms with Gasteiger partial charge in [0, 0.05) is 35.3 Å². The summed E-state index contributed by atoms with van der Waals surface area (Å²) in [7, 11) is 0. The van der Waals surface area contributed by atoms with E-state index in [-0.39, 0.29) is 0 Å². The molecule has 0 bridgehead atoms. The van der Waals surface area contributed by atoms with Gasteiger partial charge in [-0.1, -0.05) is 103 Å². The van der Waals surface area contributed by atoms with Crippen molar-refractivity contribution in [2.45, 2.75) is 0 Å². The molecule has 0 radical (unpaired) electrons. The maximum atomic E-state index is 5.22. The quantitative estimate of drug-likeness (QED) is 0.192. The molecule has 0 amide bonds. The smallest absolute Gasteiger partial charge is 0.182 e. The molecule has 0 aliphatic heterocycles. The van der Waals surface area contributed by atoms with Gasteiger partial charge in [-0.25, -0.2) is 15.0 Å². The van der Waals surface area contributed by atoms with Crippen LogP contribution in [0, 0.1) is 0 Å². The van der Waals surface area contributed by atoms with E-state index < -0.39 is 0 Å². The summed E-state index contributed by atoms with van der Waals surface area (Å²) in [4.78, 5) is 24.4. The highest BCUT2D eigenvalue weighted by Crippen LogP contribution is 2.37. The average molecular weight is 588 g/mol. The van der Waals surface area contributed by atoms with Crippen LogP contribution in [0.5, 0.6) is 0 Å². The maximum absolute atomic E-state index is 5.22. The number of aromatic nitrogens is 5. The molecule has 9 rings (SSSR count). The molecule has 0 N–H and O–H groups in total. The third kappa shape index (κ3) is 4.37. The number of rotatable bonds is 4. The standard InChI is InChI=1S/C41H25N5/c1-3-11-30-27(9-1)23-36(34-15-7-5-13-32(30)34)39-44-40(37-24-28-10-2-4-12-31(28)33-14-6-8-16-35(33)37)46-41(45-39)38-18-17-29(25-43-38)26-19-21-42-22-20-26/h1-25H. The van der Waals surface area contributed by atoms with Crippen LogP contribution in [0.3, 0.4) is 0 Å². The van der Waals surface area contributed by atoms with Gasteiger partial charge in [-0.3, -0.25) is 9.97 Å². The van der Waals surface area contributed by atoms with Crippen LogP contribution in [0.2, 0.25) is 0 Å². The van der Waals surface area contributed by atoms with Gasteiger partial charge in [-0.15, -0.1) is 0 Å². The zero-order chi connectivity index (χ0) is 30.5. The Labute approximate surface area is 264 Å². The van der Waals surface area contributed by atoms with E-state index in [2.05, 4.69) is 120 Å². The third-order valence-corrected chi connectivity index (χ3v) is 8.66. The lowest BCUT2D eigenvalue weighted by molar-refractivity contribution is 1.06. The van der Waals surface area contributed by atoms with E-state index in [1.54, 1.807) is 12.4 Å². The molecule has 0 atom stereocenters.